The molecule has 0 aliphatic rings. The van der Waals surface area contributed by atoms with Crippen LogP contribution in [0.4, 0.5) is 13.2 Å². The van der Waals surface area contributed by atoms with Crippen LogP contribution in [0.3, 0.4) is 0 Å². The standard InChI is InChI=1S/C24H22F3N3O5/c1-13(2)20-21(33)19(22(34)28-11-18(31)32)23(35)30(29-20)12-15-5-3-4-6-17(15)14-7-9-16(10-8-14)24(25,26)27/h3-10,13,33H,11-12H2,1-2H3,(H,28,34)(H,31,32). The highest BCUT2D eigenvalue weighted by Crippen LogP contribution is 2.32. The fraction of sp³-hybridized carbons (Fsp3) is 0.250. The van der Waals surface area contributed by atoms with Gasteiger partial charge in [-0.1, -0.05) is 50.2 Å². The van der Waals surface area contributed by atoms with Crippen molar-refractivity contribution in [1.29, 1.82) is 0 Å². The summed E-state index contributed by atoms with van der Waals surface area (Å²) in [7, 11) is 0. The maximum atomic E-state index is 13.1. The predicted molar refractivity (Wildman–Crippen MR) is 120 cm³/mol. The summed E-state index contributed by atoms with van der Waals surface area (Å²) in [6.45, 7) is 2.46. The molecule has 3 aromatic rings. The van der Waals surface area contributed by atoms with Gasteiger partial charge in [-0.2, -0.15) is 18.3 Å². The third kappa shape index (κ3) is 5.68. The van der Waals surface area contributed by atoms with Crippen LogP contribution in [-0.2, 0) is 17.5 Å². The molecule has 0 fully saturated rings. The van der Waals surface area contributed by atoms with E-state index in [0.717, 1.165) is 16.8 Å². The molecule has 0 spiro atoms. The van der Waals surface area contributed by atoms with Gasteiger partial charge >= 0.3 is 12.1 Å². The minimum Gasteiger partial charge on any atom is -0.505 e. The molecule has 1 amide bonds. The minimum absolute atomic E-state index is 0.0529. The average Bonchev–Trinajstić information content (AvgIpc) is 2.79. The number of aromatic nitrogens is 2. The number of carboxylic acids is 1. The van der Waals surface area contributed by atoms with Gasteiger partial charge in [-0.15, -0.1) is 0 Å². The number of halogens is 3. The quantitative estimate of drug-likeness (QED) is 0.466. The summed E-state index contributed by atoms with van der Waals surface area (Å²) in [5, 5.41) is 25.6. The summed E-state index contributed by atoms with van der Waals surface area (Å²) in [6, 6.07) is 11.3. The Hall–Kier alpha value is -4.15. The molecule has 8 nitrogen and oxygen atoms in total. The Balaban J connectivity index is 2.07. The number of aromatic hydroxyl groups is 1. The summed E-state index contributed by atoms with van der Waals surface area (Å²) in [5.74, 6) is -3.43. The zero-order valence-corrected chi connectivity index (χ0v) is 18.8. The molecular weight excluding hydrogens is 467 g/mol. The minimum atomic E-state index is -4.48. The fourth-order valence-electron chi connectivity index (χ4n) is 3.47. The lowest BCUT2D eigenvalue weighted by Gasteiger charge is -2.16. The van der Waals surface area contributed by atoms with Crippen LogP contribution in [0.5, 0.6) is 5.75 Å². The van der Waals surface area contributed by atoms with Crippen molar-refractivity contribution >= 4 is 11.9 Å². The average molecular weight is 489 g/mol. The van der Waals surface area contributed by atoms with Gasteiger partial charge in [0.05, 0.1) is 12.1 Å². The van der Waals surface area contributed by atoms with Gasteiger partial charge in [-0.25, -0.2) is 4.68 Å². The van der Waals surface area contributed by atoms with E-state index in [2.05, 4.69) is 10.4 Å². The molecule has 2 aromatic carbocycles. The molecule has 0 aliphatic carbocycles. The zero-order valence-electron chi connectivity index (χ0n) is 18.8. The topological polar surface area (TPSA) is 122 Å². The van der Waals surface area contributed by atoms with Gasteiger partial charge in [0.1, 0.15) is 17.8 Å². The van der Waals surface area contributed by atoms with Crippen molar-refractivity contribution in [3.8, 4) is 16.9 Å². The van der Waals surface area contributed by atoms with Crippen molar-refractivity contribution in [2.75, 3.05) is 6.54 Å². The molecule has 0 saturated heterocycles. The number of carboxylic acid groups (broad SMARTS) is 1. The Morgan fingerprint density at radius 2 is 1.71 bits per heavy atom. The molecule has 0 saturated carbocycles. The number of nitrogens with zero attached hydrogens (tertiary/aromatic N) is 2. The first-order valence-electron chi connectivity index (χ1n) is 10.5. The SMILES string of the molecule is CC(C)c1nn(Cc2ccccc2-c2ccc(C(F)(F)F)cc2)c(=O)c(C(=O)NCC(=O)O)c1O. The normalized spacial score (nSPS) is 11.5. The van der Waals surface area contributed by atoms with Crippen LogP contribution in [0.15, 0.2) is 53.3 Å². The number of benzene rings is 2. The monoisotopic (exact) mass is 489 g/mol. The van der Waals surface area contributed by atoms with Crippen LogP contribution in [0.2, 0.25) is 0 Å². The van der Waals surface area contributed by atoms with Crippen LogP contribution >= 0.6 is 0 Å². The van der Waals surface area contributed by atoms with E-state index < -0.39 is 53.0 Å². The second-order valence-corrected chi connectivity index (χ2v) is 8.04. The summed E-state index contributed by atoms with van der Waals surface area (Å²) in [5.41, 5.74) is -0.783. The lowest BCUT2D eigenvalue weighted by Crippen LogP contribution is -2.37. The van der Waals surface area contributed by atoms with Gasteiger partial charge in [0, 0.05) is 5.92 Å². The highest BCUT2D eigenvalue weighted by Gasteiger charge is 2.30. The predicted octanol–water partition coefficient (Wildman–Crippen LogP) is 3.62. The second kappa shape index (κ2) is 10.00. The van der Waals surface area contributed by atoms with Crippen molar-refractivity contribution in [3.63, 3.8) is 0 Å². The van der Waals surface area contributed by atoms with Gasteiger partial charge in [-0.05, 0) is 28.8 Å². The molecule has 3 rings (SSSR count). The number of hydrogen-bond acceptors (Lipinski definition) is 5. The van der Waals surface area contributed by atoms with E-state index in [-0.39, 0.29) is 12.2 Å². The number of carbonyl (C=O) groups excluding carboxylic acids is 1. The van der Waals surface area contributed by atoms with Crippen LogP contribution in [0.25, 0.3) is 11.1 Å². The third-order valence-corrected chi connectivity index (χ3v) is 5.19. The molecule has 0 unspecified atom stereocenters. The Bertz CT molecular complexity index is 1320. The van der Waals surface area contributed by atoms with Gasteiger partial charge in [0.25, 0.3) is 11.5 Å². The molecule has 0 aliphatic heterocycles. The van der Waals surface area contributed by atoms with Crippen molar-refractivity contribution in [3.05, 3.63) is 81.3 Å². The van der Waals surface area contributed by atoms with Gasteiger partial charge < -0.3 is 15.5 Å². The summed E-state index contributed by atoms with van der Waals surface area (Å²) >= 11 is 0. The number of aliphatic carboxylic acids is 1. The van der Waals surface area contributed by atoms with Crippen molar-refractivity contribution < 1.29 is 33.0 Å². The van der Waals surface area contributed by atoms with E-state index in [0.29, 0.717) is 16.7 Å². The molecule has 184 valence electrons. The molecule has 1 heterocycles. The van der Waals surface area contributed by atoms with E-state index in [9.17, 15) is 32.7 Å². The Labute approximate surface area is 197 Å². The smallest absolute Gasteiger partial charge is 0.416 e. The lowest BCUT2D eigenvalue weighted by molar-refractivity contribution is -0.137. The second-order valence-electron chi connectivity index (χ2n) is 8.04. The van der Waals surface area contributed by atoms with Gasteiger partial charge in [0.2, 0.25) is 0 Å². The molecule has 0 atom stereocenters. The van der Waals surface area contributed by atoms with Crippen LogP contribution in [0.1, 0.15) is 46.9 Å². The number of alkyl halides is 3. The molecule has 3 N–H and O–H groups in total. The number of rotatable bonds is 7. The Morgan fingerprint density at radius 3 is 2.29 bits per heavy atom. The van der Waals surface area contributed by atoms with Gasteiger partial charge in [0.15, 0.2) is 5.75 Å². The summed E-state index contributed by atoms with van der Waals surface area (Å²) < 4.78 is 39.8. The molecule has 0 radical (unpaired) electrons. The number of amides is 1. The maximum absolute atomic E-state index is 13.1. The van der Waals surface area contributed by atoms with Crippen LogP contribution in [0, 0.1) is 0 Å². The fourth-order valence-corrected chi connectivity index (χ4v) is 3.47. The first kappa shape index (κ1) is 25.5. The maximum Gasteiger partial charge on any atom is 0.416 e. The lowest BCUT2D eigenvalue weighted by atomic mass is 9.98. The van der Waals surface area contributed by atoms with E-state index in [1.165, 1.54) is 12.1 Å². The van der Waals surface area contributed by atoms with Crippen LogP contribution < -0.4 is 10.9 Å². The first-order valence-corrected chi connectivity index (χ1v) is 10.5. The Kier molecular flexibility index (Phi) is 7.28. The molecule has 1 aromatic heterocycles. The van der Waals surface area contributed by atoms with Crippen LogP contribution in [-0.4, -0.2) is 38.4 Å². The summed E-state index contributed by atoms with van der Waals surface area (Å²) in [4.78, 5) is 36.4. The number of nitrogens with one attached hydrogen (secondary N) is 1. The van der Waals surface area contributed by atoms with Crippen molar-refractivity contribution in [2.45, 2.75) is 32.5 Å². The molecule has 35 heavy (non-hydrogen) atoms. The summed E-state index contributed by atoms with van der Waals surface area (Å²) in [6.07, 6.45) is -4.48. The first-order chi connectivity index (χ1) is 16.4. The largest absolute Gasteiger partial charge is 0.505 e. The van der Waals surface area contributed by atoms with Crippen molar-refractivity contribution in [1.82, 2.24) is 15.1 Å². The molecular formula is C24H22F3N3O5. The molecule has 11 heteroatoms. The highest BCUT2D eigenvalue weighted by atomic mass is 19.4. The van der Waals surface area contributed by atoms with E-state index in [1.54, 1.807) is 38.1 Å². The van der Waals surface area contributed by atoms with Crippen molar-refractivity contribution in [2.24, 2.45) is 0 Å². The van der Waals surface area contributed by atoms with E-state index >= 15 is 0 Å². The third-order valence-electron chi connectivity index (χ3n) is 5.19. The zero-order chi connectivity index (χ0) is 25.9. The number of hydrogen-bond donors (Lipinski definition) is 3. The molecule has 0 bridgehead atoms. The Morgan fingerprint density at radius 1 is 1.09 bits per heavy atom. The van der Waals surface area contributed by atoms with E-state index in [4.69, 9.17) is 5.11 Å². The highest BCUT2D eigenvalue weighted by molar-refractivity contribution is 5.98. The van der Waals surface area contributed by atoms with E-state index in [1.807, 2.05) is 0 Å². The van der Waals surface area contributed by atoms with Gasteiger partial charge in [-0.3, -0.25) is 14.4 Å². The number of carbonyl (C=O) groups is 2.